The monoisotopic (exact) mass is 495 g/mol. The Morgan fingerprint density at radius 1 is 0.917 bits per heavy atom. The van der Waals surface area contributed by atoms with E-state index in [1.807, 2.05) is 48.5 Å². The van der Waals surface area contributed by atoms with E-state index in [2.05, 4.69) is 63.4 Å². The highest BCUT2D eigenvalue weighted by atomic mass is 32.2. The van der Waals surface area contributed by atoms with Gasteiger partial charge in [0, 0.05) is 18.5 Å². The fourth-order valence-corrected chi connectivity index (χ4v) is 5.41. The van der Waals surface area contributed by atoms with E-state index < -0.39 is 0 Å². The molecule has 0 bridgehead atoms. The average Bonchev–Trinajstić information content (AvgIpc) is 3.22. The Bertz CT molecular complexity index is 1450. The molecule has 2 heterocycles. The highest BCUT2D eigenvalue weighted by Crippen LogP contribution is 2.30. The summed E-state index contributed by atoms with van der Waals surface area (Å²) < 4.78 is 2.19. The summed E-state index contributed by atoms with van der Waals surface area (Å²) in [6.45, 7) is 3.38. The minimum absolute atomic E-state index is 0.0197. The third-order valence-electron chi connectivity index (χ3n) is 6.18. The maximum atomic E-state index is 13.0. The first-order valence-electron chi connectivity index (χ1n) is 12.4. The topological polar surface area (TPSA) is 72.7 Å². The molecule has 6 nitrogen and oxygen atoms in total. The van der Waals surface area contributed by atoms with Gasteiger partial charge in [-0.2, -0.15) is 0 Å². The van der Waals surface area contributed by atoms with E-state index in [0.717, 1.165) is 41.3 Å². The van der Waals surface area contributed by atoms with E-state index in [0.29, 0.717) is 18.2 Å². The lowest BCUT2D eigenvalue weighted by molar-refractivity contribution is -0.120. The third-order valence-corrected chi connectivity index (χ3v) is 7.30. The van der Waals surface area contributed by atoms with Gasteiger partial charge < -0.3 is 9.88 Å². The number of nitrogens with one attached hydrogen (secondary N) is 1. The first kappa shape index (κ1) is 24.0. The second kappa shape index (κ2) is 11.4. The summed E-state index contributed by atoms with van der Waals surface area (Å²) in [5, 5.41) is 13.4. The molecule has 0 radical (unpaired) electrons. The number of hydrogen-bond acceptors (Lipinski definition) is 5. The van der Waals surface area contributed by atoms with Crippen LogP contribution in [0.25, 0.3) is 22.1 Å². The molecular weight excluding hydrogens is 466 g/mol. The van der Waals surface area contributed by atoms with Gasteiger partial charge in [0.2, 0.25) is 11.1 Å². The molecule has 1 N–H and O–H groups in total. The lowest BCUT2D eigenvalue weighted by atomic mass is 10.1. The summed E-state index contributed by atoms with van der Waals surface area (Å²) in [4.78, 5) is 17.9. The molecule has 36 heavy (non-hydrogen) atoms. The molecule has 0 spiro atoms. The van der Waals surface area contributed by atoms with Gasteiger partial charge in [-0.3, -0.25) is 4.79 Å². The molecule has 3 aromatic carbocycles. The number of nitrogens with zero attached hydrogens (tertiary/aromatic N) is 4. The number of benzene rings is 3. The molecule has 182 valence electrons. The van der Waals surface area contributed by atoms with Gasteiger partial charge in [-0.25, -0.2) is 4.98 Å². The lowest BCUT2D eigenvalue weighted by Gasteiger charge is -2.15. The third kappa shape index (κ3) is 5.41. The van der Waals surface area contributed by atoms with Gasteiger partial charge in [0.1, 0.15) is 5.52 Å². The Hall–Kier alpha value is -3.71. The van der Waals surface area contributed by atoms with Gasteiger partial charge >= 0.3 is 0 Å². The highest BCUT2D eigenvalue weighted by molar-refractivity contribution is 8.00. The predicted molar refractivity (Wildman–Crippen MR) is 146 cm³/mol. The van der Waals surface area contributed by atoms with Gasteiger partial charge in [-0.1, -0.05) is 104 Å². The number of fused-ring (bicyclic) bond motifs is 3. The van der Waals surface area contributed by atoms with Gasteiger partial charge in [-0.05, 0) is 30.0 Å². The summed E-state index contributed by atoms with van der Waals surface area (Å²) >= 11 is 1.40. The first-order chi connectivity index (χ1) is 17.7. The second-order valence-electron chi connectivity index (χ2n) is 8.78. The molecule has 1 unspecified atom stereocenters. The molecule has 0 saturated carbocycles. The van der Waals surface area contributed by atoms with E-state index in [-0.39, 0.29) is 11.2 Å². The van der Waals surface area contributed by atoms with Crippen molar-refractivity contribution in [2.24, 2.45) is 0 Å². The van der Waals surface area contributed by atoms with E-state index in [4.69, 9.17) is 4.98 Å². The zero-order valence-corrected chi connectivity index (χ0v) is 21.1. The molecule has 7 heteroatoms. The van der Waals surface area contributed by atoms with Crippen LogP contribution in [0, 0.1) is 0 Å². The standard InChI is InChI=1S/C29H29N5OS/c1-2-11-25(28(35)30-19-18-21-12-5-3-6-13-21)36-29-31-27-26(32-33-29)23-16-9-10-17-24(23)34(27)20-22-14-7-4-8-15-22/h3-10,12-17,25H,2,11,18-20H2,1H3,(H,30,35). The van der Waals surface area contributed by atoms with Crippen LogP contribution in [0.3, 0.4) is 0 Å². The van der Waals surface area contributed by atoms with Crippen molar-refractivity contribution >= 4 is 39.7 Å². The van der Waals surface area contributed by atoms with Crippen LogP contribution in [0.2, 0.25) is 0 Å². The second-order valence-corrected chi connectivity index (χ2v) is 9.95. The number of aromatic nitrogens is 4. The smallest absolute Gasteiger partial charge is 0.233 e. The average molecular weight is 496 g/mol. The molecule has 2 aromatic heterocycles. The number of para-hydroxylation sites is 1. The van der Waals surface area contributed by atoms with Crippen LogP contribution in [0.4, 0.5) is 0 Å². The van der Waals surface area contributed by atoms with E-state index >= 15 is 0 Å². The van der Waals surface area contributed by atoms with Crippen molar-refractivity contribution in [1.29, 1.82) is 0 Å². The zero-order valence-electron chi connectivity index (χ0n) is 20.3. The minimum atomic E-state index is -0.267. The van der Waals surface area contributed by atoms with E-state index in [1.54, 1.807) is 0 Å². The molecule has 0 saturated heterocycles. The Kier molecular flexibility index (Phi) is 7.57. The van der Waals surface area contributed by atoms with Gasteiger partial charge in [0.25, 0.3) is 0 Å². The van der Waals surface area contributed by atoms with Crippen LogP contribution in [-0.2, 0) is 17.8 Å². The van der Waals surface area contributed by atoms with Crippen molar-refractivity contribution < 1.29 is 4.79 Å². The molecule has 5 rings (SSSR count). The summed E-state index contributed by atoms with van der Waals surface area (Å²) in [7, 11) is 0. The summed E-state index contributed by atoms with van der Waals surface area (Å²) in [5.41, 5.74) is 5.04. The van der Waals surface area contributed by atoms with Crippen molar-refractivity contribution in [2.45, 2.75) is 43.1 Å². The zero-order chi connectivity index (χ0) is 24.7. The Balaban J connectivity index is 1.38. The SMILES string of the molecule is CCCC(Sc1nnc2c3ccccc3n(Cc3ccccc3)c2n1)C(=O)NCCc1ccccc1. The van der Waals surface area contributed by atoms with E-state index in [9.17, 15) is 4.79 Å². The Morgan fingerprint density at radius 3 is 2.36 bits per heavy atom. The largest absolute Gasteiger partial charge is 0.355 e. The highest BCUT2D eigenvalue weighted by Gasteiger charge is 2.22. The summed E-state index contributed by atoms with van der Waals surface area (Å²) in [6, 6.07) is 28.7. The van der Waals surface area contributed by atoms with Crippen molar-refractivity contribution in [2.75, 3.05) is 6.54 Å². The molecule has 5 aromatic rings. The maximum absolute atomic E-state index is 13.0. The van der Waals surface area contributed by atoms with Crippen LogP contribution in [-0.4, -0.2) is 37.5 Å². The van der Waals surface area contributed by atoms with Crippen molar-refractivity contribution in [3.05, 3.63) is 96.1 Å². The number of amides is 1. The molecule has 0 aliphatic heterocycles. The molecule has 0 fully saturated rings. The first-order valence-corrected chi connectivity index (χ1v) is 13.2. The molecular formula is C29H29N5OS. The maximum Gasteiger partial charge on any atom is 0.233 e. The molecule has 0 aliphatic rings. The van der Waals surface area contributed by atoms with Gasteiger partial charge in [0.15, 0.2) is 5.65 Å². The molecule has 0 aliphatic carbocycles. The quantitative estimate of drug-likeness (QED) is 0.254. The van der Waals surface area contributed by atoms with Crippen molar-refractivity contribution in [3.63, 3.8) is 0 Å². The summed E-state index contributed by atoms with van der Waals surface area (Å²) in [6.07, 6.45) is 2.45. The van der Waals surface area contributed by atoms with E-state index in [1.165, 1.54) is 22.9 Å². The Labute approximate surface area is 215 Å². The van der Waals surface area contributed by atoms with Crippen LogP contribution >= 0.6 is 11.8 Å². The predicted octanol–water partition coefficient (Wildman–Crippen LogP) is 5.65. The van der Waals surface area contributed by atoms with Crippen LogP contribution < -0.4 is 5.32 Å². The van der Waals surface area contributed by atoms with Crippen molar-refractivity contribution in [1.82, 2.24) is 25.1 Å². The fourth-order valence-electron chi connectivity index (χ4n) is 4.39. The van der Waals surface area contributed by atoms with Crippen molar-refractivity contribution in [3.8, 4) is 0 Å². The minimum Gasteiger partial charge on any atom is -0.355 e. The molecule has 1 amide bonds. The normalized spacial score (nSPS) is 12.1. The number of thioether (sulfide) groups is 1. The molecule has 1 atom stereocenters. The summed E-state index contributed by atoms with van der Waals surface area (Å²) in [5.74, 6) is 0.0197. The van der Waals surface area contributed by atoms with Crippen LogP contribution in [0.15, 0.2) is 90.1 Å². The number of hydrogen-bond donors (Lipinski definition) is 1. The van der Waals surface area contributed by atoms with Gasteiger partial charge in [-0.15, -0.1) is 10.2 Å². The number of carbonyl (C=O) groups excluding carboxylic acids is 1. The van der Waals surface area contributed by atoms with Crippen LogP contribution in [0.1, 0.15) is 30.9 Å². The number of rotatable bonds is 10. The lowest BCUT2D eigenvalue weighted by Crippen LogP contribution is -2.34. The van der Waals surface area contributed by atoms with Crippen LogP contribution in [0.5, 0.6) is 0 Å². The fraction of sp³-hybridized carbons (Fsp3) is 0.241. The number of carbonyl (C=O) groups is 1. The van der Waals surface area contributed by atoms with Gasteiger partial charge in [0.05, 0.1) is 10.8 Å². The Morgan fingerprint density at radius 2 is 1.61 bits per heavy atom.